The zero-order valence-electron chi connectivity index (χ0n) is 14.9. The molecule has 1 atom stereocenters. The van der Waals surface area contributed by atoms with Crippen LogP contribution in [0.1, 0.15) is 49.9 Å². The van der Waals surface area contributed by atoms with E-state index in [0.29, 0.717) is 18.2 Å². The van der Waals surface area contributed by atoms with Gasteiger partial charge in [-0.15, -0.1) is 0 Å². The molecule has 0 bridgehead atoms. The van der Waals surface area contributed by atoms with Crippen LogP contribution in [0, 0.1) is 0 Å². The Kier molecular flexibility index (Phi) is 6.58. The zero-order valence-corrected chi connectivity index (χ0v) is 14.9. The van der Waals surface area contributed by atoms with Crippen molar-refractivity contribution in [2.45, 2.75) is 45.6 Å². The molecular weight excluding hydrogens is 304 g/mol. The third-order valence-corrected chi connectivity index (χ3v) is 4.48. The number of likely N-dealkylation sites (N-methyl/N-ethyl adjacent to an activating group) is 1. The number of piperidine rings is 1. The second-order valence-corrected chi connectivity index (χ2v) is 6.34. The predicted molar refractivity (Wildman–Crippen MR) is 95.2 cm³/mol. The second kappa shape index (κ2) is 8.66. The Hall–Kier alpha value is -2.11. The Labute approximate surface area is 144 Å². The highest BCUT2D eigenvalue weighted by molar-refractivity contribution is 5.97. The summed E-state index contributed by atoms with van der Waals surface area (Å²) in [6, 6.07) is 4.03. The summed E-state index contributed by atoms with van der Waals surface area (Å²) in [4.78, 5) is 32.8. The molecule has 6 nitrogen and oxygen atoms in total. The van der Waals surface area contributed by atoms with Crippen LogP contribution in [0.25, 0.3) is 0 Å². The van der Waals surface area contributed by atoms with Crippen molar-refractivity contribution in [2.75, 3.05) is 31.6 Å². The Morgan fingerprint density at radius 2 is 2.21 bits per heavy atom. The van der Waals surface area contributed by atoms with Gasteiger partial charge in [-0.25, -0.2) is 4.98 Å². The van der Waals surface area contributed by atoms with Crippen LogP contribution in [0.2, 0.25) is 0 Å². The first-order valence-corrected chi connectivity index (χ1v) is 8.79. The van der Waals surface area contributed by atoms with Gasteiger partial charge in [0.25, 0.3) is 5.91 Å². The van der Waals surface area contributed by atoms with Gasteiger partial charge in [0.15, 0.2) is 0 Å². The van der Waals surface area contributed by atoms with E-state index in [9.17, 15) is 9.59 Å². The average Bonchev–Trinajstić information content (AvgIpc) is 2.61. The quantitative estimate of drug-likeness (QED) is 0.866. The lowest BCUT2D eigenvalue weighted by molar-refractivity contribution is -0.121. The van der Waals surface area contributed by atoms with E-state index in [0.717, 1.165) is 31.6 Å². The molecule has 132 valence electrons. The van der Waals surface area contributed by atoms with Crippen LogP contribution in [0.4, 0.5) is 5.82 Å². The summed E-state index contributed by atoms with van der Waals surface area (Å²) in [6.07, 6.45) is 6.05. The van der Waals surface area contributed by atoms with Crippen molar-refractivity contribution in [3.05, 3.63) is 23.9 Å². The number of hydrogen-bond donors (Lipinski definition) is 1. The van der Waals surface area contributed by atoms with Crippen LogP contribution in [0.15, 0.2) is 18.3 Å². The monoisotopic (exact) mass is 332 g/mol. The second-order valence-electron chi connectivity index (χ2n) is 6.34. The molecule has 0 radical (unpaired) electrons. The van der Waals surface area contributed by atoms with Gasteiger partial charge in [0.2, 0.25) is 5.91 Å². The molecule has 0 aliphatic carbocycles. The zero-order chi connectivity index (χ0) is 17.5. The molecule has 1 fully saturated rings. The molecule has 0 aromatic carbocycles. The molecule has 24 heavy (non-hydrogen) atoms. The molecule has 1 saturated heterocycles. The fraction of sp³-hybridized carbons (Fsp3) is 0.611. The average molecular weight is 332 g/mol. The highest BCUT2D eigenvalue weighted by Crippen LogP contribution is 2.23. The van der Waals surface area contributed by atoms with Gasteiger partial charge in [-0.1, -0.05) is 6.92 Å². The SMILES string of the molecule is CCCN(CC(=O)NC)C(=O)c1ccnc(N2CCCC[C@H]2C)c1. The summed E-state index contributed by atoms with van der Waals surface area (Å²) in [5.74, 6) is 0.578. The third kappa shape index (κ3) is 4.46. The predicted octanol–water partition coefficient (Wildman–Crippen LogP) is 2.06. The van der Waals surface area contributed by atoms with Gasteiger partial charge in [0.05, 0.1) is 6.54 Å². The number of pyridine rings is 1. The normalized spacial score (nSPS) is 17.5. The van der Waals surface area contributed by atoms with Gasteiger partial charge in [0.1, 0.15) is 5.82 Å². The van der Waals surface area contributed by atoms with Gasteiger partial charge in [-0.05, 0) is 44.7 Å². The molecule has 0 spiro atoms. The number of amides is 2. The summed E-state index contributed by atoms with van der Waals surface area (Å²) in [6.45, 7) is 5.82. The number of rotatable bonds is 6. The first-order valence-electron chi connectivity index (χ1n) is 8.79. The van der Waals surface area contributed by atoms with E-state index in [2.05, 4.69) is 22.1 Å². The third-order valence-electron chi connectivity index (χ3n) is 4.48. The van der Waals surface area contributed by atoms with E-state index in [-0.39, 0.29) is 18.4 Å². The minimum atomic E-state index is -0.157. The maximum absolute atomic E-state index is 12.8. The van der Waals surface area contributed by atoms with Gasteiger partial charge in [-0.2, -0.15) is 0 Å². The minimum absolute atomic E-state index is 0.0843. The Morgan fingerprint density at radius 1 is 1.42 bits per heavy atom. The summed E-state index contributed by atoms with van der Waals surface area (Å²) in [5.41, 5.74) is 0.593. The highest BCUT2D eigenvalue weighted by Gasteiger charge is 2.22. The van der Waals surface area contributed by atoms with Gasteiger partial charge in [0, 0.05) is 37.9 Å². The summed E-state index contributed by atoms with van der Waals surface area (Å²) >= 11 is 0. The van der Waals surface area contributed by atoms with Crippen LogP contribution in [-0.2, 0) is 4.79 Å². The number of nitrogens with one attached hydrogen (secondary N) is 1. The molecule has 0 unspecified atom stereocenters. The van der Waals surface area contributed by atoms with Crippen LogP contribution in [0.3, 0.4) is 0 Å². The number of anilines is 1. The first-order chi connectivity index (χ1) is 11.6. The molecule has 1 aromatic heterocycles. The lowest BCUT2D eigenvalue weighted by atomic mass is 10.0. The molecule has 2 heterocycles. The molecule has 2 rings (SSSR count). The molecular formula is C18H28N4O2. The molecule has 6 heteroatoms. The summed E-state index contributed by atoms with van der Waals surface area (Å²) < 4.78 is 0. The van der Waals surface area contributed by atoms with Crippen molar-refractivity contribution >= 4 is 17.6 Å². The minimum Gasteiger partial charge on any atom is -0.358 e. The van der Waals surface area contributed by atoms with Gasteiger partial charge in [-0.3, -0.25) is 9.59 Å². The van der Waals surface area contributed by atoms with E-state index in [1.807, 2.05) is 13.0 Å². The van der Waals surface area contributed by atoms with E-state index >= 15 is 0 Å². The Bertz CT molecular complexity index is 576. The fourth-order valence-corrected chi connectivity index (χ4v) is 3.10. The van der Waals surface area contributed by atoms with Crippen molar-refractivity contribution in [2.24, 2.45) is 0 Å². The van der Waals surface area contributed by atoms with Crippen molar-refractivity contribution in [3.63, 3.8) is 0 Å². The molecule has 1 aliphatic rings. The Balaban J connectivity index is 2.18. The lowest BCUT2D eigenvalue weighted by Crippen LogP contribution is -2.40. The number of aromatic nitrogens is 1. The van der Waals surface area contributed by atoms with Crippen LogP contribution >= 0.6 is 0 Å². The highest BCUT2D eigenvalue weighted by atomic mass is 16.2. The van der Waals surface area contributed by atoms with E-state index in [4.69, 9.17) is 0 Å². The largest absolute Gasteiger partial charge is 0.358 e. The lowest BCUT2D eigenvalue weighted by Gasteiger charge is -2.34. The molecule has 1 N–H and O–H groups in total. The summed E-state index contributed by atoms with van der Waals surface area (Å²) in [5, 5.41) is 2.58. The maximum Gasteiger partial charge on any atom is 0.254 e. The van der Waals surface area contributed by atoms with Crippen molar-refractivity contribution in [1.82, 2.24) is 15.2 Å². The van der Waals surface area contributed by atoms with Crippen LogP contribution in [0.5, 0.6) is 0 Å². The van der Waals surface area contributed by atoms with Crippen molar-refractivity contribution in [3.8, 4) is 0 Å². The topological polar surface area (TPSA) is 65.5 Å². The first kappa shape index (κ1) is 18.2. The van der Waals surface area contributed by atoms with Gasteiger partial charge < -0.3 is 15.1 Å². The smallest absolute Gasteiger partial charge is 0.254 e. The maximum atomic E-state index is 12.8. The van der Waals surface area contributed by atoms with Crippen molar-refractivity contribution in [1.29, 1.82) is 0 Å². The molecule has 1 aliphatic heterocycles. The van der Waals surface area contributed by atoms with E-state index in [1.165, 1.54) is 6.42 Å². The number of hydrogen-bond acceptors (Lipinski definition) is 4. The molecule has 1 aromatic rings. The van der Waals surface area contributed by atoms with Crippen LogP contribution < -0.4 is 10.2 Å². The van der Waals surface area contributed by atoms with E-state index < -0.39 is 0 Å². The van der Waals surface area contributed by atoms with Crippen molar-refractivity contribution < 1.29 is 9.59 Å². The fourth-order valence-electron chi connectivity index (χ4n) is 3.10. The number of carbonyl (C=O) groups is 2. The summed E-state index contributed by atoms with van der Waals surface area (Å²) in [7, 11) is 1.58. The number of carbonyl (C=O) groups excluding carboxylic acids is 2. The number of nitrogens with zero attached hydrogens (tertiary/aromatic N) is 3. The standard InChI is InChI=1S/C18H28N4O2/c1-4-10-21(13-17(23)19-3)18(24)15-8-9-20-16(12-15)22-11-6-5-7-14(22)2/h8-9,12,14H,4-7,10-11,13H2,1-3H3,(H,19,23)/t14-/m1/s1. The molecule has 2 amide bonds. The molecule has 0 saturated carbocycles. The van der Waals surface area contributed by atoms with Gasteiger partial charge >= 0.3 is 0 Å². The van der Waals surface area contributed by atoms with Crippen LogP contribution in [-0.4, -0.2) is 54.4 Å². The van der Waals surface area contributed by atoms with E-state index in [1.54, 1.807) is 24.2 Å². The Morgan fingerprint density at radius 3 is 2.88 bits per heavy atom.